The van der Waals surface area contributed by atoms with Crippen LogP contribution in [0.15, 0.2) is 0 Å². The molecular weight excluding hydrogens is 1080 g/mol. The molecule has 80 heavy (non-hydrogen) atoms. The van der Waals surface area contributed by atoms with Crippen LogP contribution in [-0.2, 0) is 114 Å². The summed E-state index contributed by atoms with van der Waals surface area (Å²) in [6.45, 7) is 21.8. The summed E-state index contributed by atoms with van der Waals surface area (Å²) in [5.74, 6) is -3.22. The van der Waals surface area contributed by atoms with E-state index in [1.165, 1.54) is 0 Å². The lowest BCUT2D eigenvalue weighted by molar-refractivity contribution is -0.165. The summed E-state index contributed by atoms with van der Waals surface area (Å²) >= 11 is 0. The Hall–Kier alpha value is -7.56. The highest BCUT2D eigenvalue weighted by atomic mass is 16.8. The number of hydrogen-bond donors (Lipinski definition) is 0. The molecule has 30 heteroatoms. The van der Waals surface area contributed by atoms with Crippen molar-refractivity contribution in [2.75, 3.05) is 39.6 Å². The Morgan fingerprint density at radius 3 is 1.02 bits per heavy atom. The molecule has 6 aliphatic heterocycles. The maximum Gasteiger partial charge on any atom is 0.509 e. The number of esters is 6. The first-order valence-corrected chi connectivity index (χ1v) is 25.8. The van der Waals surface area contributed by atoms with Gasteiger partial charge in [-0.3, -0.25) is 0 Å². The van der Waals surface area contributed by atoms with Crippen LogP contribution in [0.5, 0.6) is 0 Å². The summed E-state index contributed by atoms with van der Waals surface area (Å²) in [6.07, 6.45) is -4.09. The molecule has 0 aromatic heterocycles. The zero-order valence-electron chi connectivity index (χ0n) is 46.9. The summed E-state index contributed by atoms with van der Waals surface area (Å²) in [6, 6.07) is 0. The minimum Gasteiger partial charge on any atom is -0.460 e. The van der Waals surface area contributed by atoms with E-state index in [-0.39, 0.29) is 64.1 Å². The van der Waals surface area contributed by atoms with Crippen molar-refractivity contribution in [1.29, 1.82) is 0 Å². The SMILES string of the molecule is CC(C)(C)OC(=O)C1COC(=O)O1.CCC(C)(C)OC(=O)C1COC(=O)O1.CCC(C)OC(=O)C1COC(=O)O1.CCC(CC)OC(=O)C1COC(=O)O1.CCCC(C)OC(=O)C1COC(=O)O1.O=C1OCC(C(=O)OC2CC2)O1. The van der Waals surface area contributed by atoms with E-state index < -0.39 is 121 Å². The molecule has 7 fully saturated rings. The molecule has 0 radical (unpaired) electrons. The van der Waals surface area contributed by atoms with Crippen LogP contribution in [0.2, 0.25) is 0 Å². The molecule has 0 spiro atoms. The Labute approximate surface area is 461 Å². The Kier molecular flexibility index (Phi) is 28.9. The second-order valence-electron chi connectivity index (χ2n) is 19.3. The average Bonchev–Trinajstić information content (AvgIpc) is 4.10. The molecule has 6 saturated heterocycles. The zero-order chi connectivity index (χ0) is 60.3. The van der Waals surface area contributed by atoms with Crippen LogP contribution in [0.1, 0.15) is 134 Å². The number of ether oxygens (including phenoxy) is 18. The molecule has 8 unspecified atom stereocenters. The number of hydrogen-bond acceptors (Lipinski definition) is 30. The van der Waals surface area contributed by atoms with Crippen molar-refractivity contribution in [2.45, 2.75) is 207 Å². The van der Waals surface area contributed by atoms with Crippen molar-refractivity contribution in [3.63, 3.8) is 0 Å². The Bertz CT molecular complexity index is 2110. The normalized spacial score (nSPS) is 22.8. The summed E-state index contributed by atoms with van der Waals surface area (Å²) in [5, 5.41) is 0. The number of rotatable bonds is 17. The van der Waals surface area contributed by atoms with Crippen molar-refractivity contribution in [2.24, 2.45) is 0 Å². The van der Waals surface area contributed by atoms with Crippen LogP contribution in [0.25, 0.3) is 0 Å². The maximum atomic E-state index is 11.4. The lowest BCUT2D eigenvalue weighted by Crippen LogP contribution is -2.34. The Morgan fingerprint density at radius 2 is 0.750 bits per heavy atom. The monoisotopic (exact) mass is 1150 g/mol. The van der Waals surface area contributed by atoms with E-state index in [1.54, 1.807) is 48.5 Å². The quantitative estimate of drug-likeness (QED) is 0.124. The van der Waals surface area contributed by atoms with Crippen LogP contribution in [0.4, 0.5) is 28.8 Å². The van der Waals surface area contributed by atoms with Crippen molar-refractivity contribution >= 4 is 72.7 Å². The van der Waals surface area contributed by atoms with E-state index in [2.05, 4.69) is 56.8 Å². The van der Waals surface area contributed by atoms with E-state index in [1.807, 2.05) is 34.6 Å². The van der Waals surface area contributed by atoms with Gasteiger partial charge in [-0.1, -0.05) is 41.0 Å². The molecule has 6 heterocycles. The first-order valence-electron chi connectivity index (χ1n) is 25.8. The molecule has 0 aromatic carbocycles. The molecule has 454 valence electrons. The van der Waals surface area contributed by atoms with Gasteiger partial charge >= 0.3 is 72.7 Å². The molecule has 0 aromatic rings. The zero-order valence-corrected chi connectivity index (χ0v) is 46.9. The van der Waals surface area contributed by atoms with Crippen molar-refractivity contribution in [3.05, 3.63) is 0 Å². The molecule has 0 bridgehead atoms. The van der Waals surface area contributed by atoms with E-state index in [0.29, 0.717) is 6.42 Å². The lowest BCUT2D eigenvalue weighted by Gasteiger charge is -2.24. The highest BCUT2D eigenvalue weighted by molar-refractivity contribution is 5.82. The highest BCUT2D eigenvalue weighted by Crippen LogP contribution is 2.25. The molecule has 1 aliphatic carbocycles. The number of carbonyl (C=O) groups excluding carboxylic acids is 12. The van der Waals surface area contributed by atoms with Crippen molar-refractivity contribution in [3.8, 4) is 0 Å². The van der Waals surface area contributed by atoms with Gasteiger partial charge in [0.15, 0.2) is 0 Å². The number of cyclic esters (lactones) is 12. The predicted octanol–water partition coefficient (Wildman–Crippen LogP) is 5.72. The predicted molar refractivity (Wildman–Crippen MR) is 260 cm³/mol. The summed E-state index contributed by atoms with van der Waals surface area (Å²) in [5.41, 5.74) is -1.11. The van der Waals surface area contributed by atoms with Crippen molar-refractivity contribution in [1.82, 2.24) is 0 Å². The van der Waals surface area contributed by atoms with Crippen LogP contribution >= 0.6 is 0 Å². The van der Waals surface area contributed by atoms with Gasteiger partial charge < -0.3 is 85.3 Å². The van der Waals surface area contributed by atoms with E-state index >= 15 is 0 Å². The van der Waals surface area contributed by atoms with E-state index in [9.17, 15) is 57.5 Å². The summed E-state index contributed by atoms with van der Waals surface area (Å²) in [7, 11) is 0. The van der Waals surface area contributed by atoms with Gasteiger partial charge in [0.25, 0.3) is 0 Å². The van der Waals surface area contributed by atoms with Gasteiger partial charge in [-0.25, -0.2) is 57.5 Å². The standard InChI is InChI=1S/3C9H14O5.2C8H12O5.C7H8O5/c1-4-9(2,3)14-7(10)6-5-12-8(11)13-6;1-3-4-6(2)13-8(10)7-5-12-9(11)14-7;1-3-6(4-2)13-8(10)7-5-12-9(11)14-7;1-8(2,3)13-6(9)5-4-11-7(10)12-5;1-3-5(2)12-7(9)6-4-11-8(10)13-6;8-6(11-4-1-2-4)5-3-10-7(9)12-5/h6H,4-5H2,1-3H3;2*6-7H,3-5H2,1-2H3;5H,4H2,1-3H3;5-6H,3-4H2,1-2H3;4-5H,1-3H2. The first kappa shape index (κ1) is 68.5. The van der Waals surface area contributed by atoms with Crippen LogP contribution in [0.3, 0.4) is 0 Å². The third-order valence-electron chi connectivity index (χ3n) is 10.7. The average molecular weight is 1160 g/mol. The summed E-state index contributed by atoms with van der Waals surface area (Å²) in [4.78, 5) is 130. The fourth-order valence-corrected chi connectivity index (χ4v) is 5.66. The maximum absolute atomic E-state index is 11.4. The second-order valence-corrected chi connectivity index (χ2v) is 19.3. The van der Waals surface area contributed by atoms with Crippen LogP contribution in [0, 0.1) is 0 Å². The minimum absolute atomic E-state index is 0.0234. The summed E-state index contributed by atoms with van der Waals surface area (Å²) < 4.78 is 84.1. The third kappa shape index (κ3) is 27.3. The minimum atomic E-state index is -0.910. The highest BCUT2D eigenvalue weighted by Gasteiger charge is 2.40. The molecule has 0 amide bonds. The van der Waals surface area contributed by atoms with E-state index in [0.717, 1.165) is 44.9 Å². The van der Waals surface area contributed by atoms with Crippen molar-refractivity contribution < 1.29 is 143 Å². The molecule has 30 nitrogen and oxygen atoms in total. The largest absolute Gasteiger partial charge is 0.509 e. The van der Waals surface area contributed by atoms with Gasteiger partial charge in [0, 0.05) is 0 Å². The Balaban J connectivity index is 0.000000328. The molecule has 1 saturated carbocycles. The second kappa shape index (κ2) is 33.8. The fourth-order valence-electron chi connectivity index (χ4n) is 5.66. The number of carbonyl (C=O) groups is 12. The van der Waals surface area contributed by atoms with Gasteiger partial charge in [0.2, 0.25) is 36.6 Å². The van der Waals surface area contributed by atoms with Gasteiger partial charge in [-0.2, -0.15) is 0 Å². The Morgan fingerprint density at radius 1 is 0.438 bits per heavy atom. The van der Waals surface area contributed by atoms with Gasteiger partial charge in [0.1, 0.15) is 63.1 Å². The molecule has 7 aliphatic rings. The molecular formula is C50H74O30. The smallest absolute Gasteiger partial charge is 0.460 e. The van der Waals surface area contributed by atoms with Crippen LogP contribution < -0.4 is 0 Å². The van der Waals surface area contributed by atoms with Gasteiger partial charge in [0.05, 0.1) is 12.2 Å². The first-order chi connectivity index (χ1) is 37.5. The topological polar surface area (TPSA) is 371 Å². The third-order valence-corrected chi connectivity index (χ3v) is 10.7. The van der Waals surface area contributed by atoms with Gasteiger partial charge in [-0.05, 0) is 93.4 Å². The van der Waals surface area contributed by atoms with Gasteiger partial charge in [-0.15, -0.1) is 0 Å². The lowest BCUT2D eigenvalue weighted by atomic mass is 10.1. The molecule has 0 N–H and O–H groups in total. The molecule has 7 rings (SSSR count). The van der Waals surface area contributed by atoms with E-state index in [4.69, 9.17) is 28.4 Å². The molecule has 8 atom stereocenters. The fraction of sp³-hybridized carbons (Fsp3) is 0.760. The van der Waals surface area contributed by atoms with Crippen LogP contribution in [-0.4, -0.2) is 185 Å².